The van der Waals surface area contributed by atoms with Gasteiger partial charge in [0, 0.05) is 13.1 Å². The van der Waals surface area contributed by atoms with Crippen molar-refractivity contribution in [3.8, 4) is 0 Å². The van der Waals surface area contributed by atoms with E-state index in [-0.39, 0.29) is 17.4 Å². The molecule has 0 aliphatic heterocycles. The SMILES string of the molecule is CNC(=O)c1ccc(NC(CCN)C(C)(C)C)nn1. The van der Waals surface area contributed by atoms with Crippen molar-refractivity contribution in [2.75, 3.05) is 18.9 Å². The second-order valence-corrected chi connectivity index (χ2v) is 5.52. The smallest absolute Gasteiger partial charge is 0.271 e. The molecule has 1 heterocycles. The number of hydrogen-bond donors (Lipinski definition) is 3. The van der Waals surface area contributed by atoms with Crippen LogP contribution in [-0.4, -0.2) is 35.7 Å². The van der Waals surface area contributed by atoms with Crippen molar-refractivity contribution in [3.05, 3.63) is 17.8 Å². The number of nitrogens with zero attached hydrogens (tertiary/aromatic N) is 2. The maximum absolute atomic E-state index is 11.4. The summed E-state index contributed by atoms with van der Waals surface area (Å²) in [4.78, 5) is 11.4. The Hall–Kier alpha value is -1.69. The molecule has 4 N–H and O–H groups in total. The minimum absolute atomic E-state index is 0.0700. The Morgan fingerprint density at radius 1 is 1.37 bits per heavy atom. The van der Waals surface area contributed by atoms with Crippen molar-refractivity contribution in [1.82, 2.24) is 15.5 Å². The third kappa shape index (κ3) is 4.48. The summed E-state index contributed by atoms with van der Waals surface area (Å²) in [7, 11) is 1.56. The van der Waals surface area contributed by atoms with Gasteiger partial charge in [0.05, 0.1) is 0 Å². The summed E-state index contributed by atoms with van der Waals surface area (Å²) in [5.41, 5.74) is 6.01. The largest absolute Gasteiger partial charge is 0.365 e. The van der Waals surface area contributed by atoms with Gasteiger partial charge in [-0.05, 0) is 30.5 Å². The molecular weight excluding hydrogens is 242 g/mol. The molecule has 0 spiro atoms. The van der Waals surface area contributed by atoms with E-state index in [4.69, 9.17) is 5.73 Å². The molecule has 1 aromatic heterocycles. The lowest BCUT2D eigenvalue weighted by Gasteiger charge is -2.31. The summed E-state index contributed by atoms with van der Waals surface area (Å²) in [6, 6.07) is 3.61. The number of anilines is 1. The van der Waals surface area contributed by atoms with Crippen molar-refractivity contribution in [3.63, 3.8) is 0 Å². The van der Waals surface area contributed by atoms with Crippen LogP contribution < -0.4 is 16.4 Å². The predicted molar refractivity (Wildman–Crippen MR) is 76.0 cm³/mol. The van der Waals surface area contributed by atoms with Gasteiger partial charge in [0.25, 0.3) is 5.91 Å². The normalized spacial score (nSPS) is 12.9. The van der Waals surface area contributed by atoms with Gasteiger partial charge in [-0.25, -0.2) is 0 Å². The van der Waals surface area contributed by atoms with Crippen molar-refractivity contribution in [2.24, 2.45) is 11.1 Å². The molecule has 106 valence electrons. The lowest BCUT2D eigenvalue weighted by Crippen LogP contribution is -2.36. The van der Waals surface area contributed by atoms with E-state index in [0.717, 1.165) is 6.42 Å². The van der Waals surface area contributed by atoms with Crippen LogP contribution in [0.1, 0.15) is 37.7 Å². The van der Waals surface area contributed by atoms with Gasteiger partial charge in [-0.1, -0.05) is 20.8 Å². The second kappa shape index (κ2) is 6.47. The zero-order valence-corrected chi connectivity index (χ0v) is 12.0. The standard InChI is InChI=1S/C13H23N5O/c1-13(2,3)10(7-8-14)16-11-6-5-9(17-18-11)12(19)15-4/h5-6,10H,7-8,14H2,1-4H3,(H,15,19)(H,16,18). The van der Waals surface area contributed by atoms with E-state index in [1.165, 1.54) is 0 Å². The molecule has 6 heteroatoms. The molecular formula is C13H23N5O. The van der Waals surface area contributed by atoms with Gasteiger partial charge < -0.3 is 16.4 Å². The van der Waals surface area contributed by atoms with Crippen molar-refractivity contribution in [1.29, 1.82) is 0 Å². The third-order valence-corrected chi connectivity index (χ3v) is 2.95. The Kier molecular flexibility index (Phi) is 5.23. The Bertz CT molecular complexity index is 410. The second-order valence-electron chi connectivity index (χ2n) is 5.52. The predicted octanol–water partition coefficient (Wildman–Crippen LogP) is 1.01. The molecule has 19 heavy (non-hydrogen) atoms. The zero-order valence-electron chi connectivity index (χ0n) is 12.0. The fraction of sp³-hybridized carbons (Fsp3) is 0.615. The summed E-state index contributed by atoms with van der Waals surface area (Å²) in [5.74, 6) is 0.411. The Morgan fingerprint density at radius 2 is 2.05 bits per heavy atom. The highest BCUT2D eigenvalue weighted by atomic mass is 16.1. The molecule has 0 aromatic carbocycles. The first-order valence-electron chi connectivity index (χ1n) is 6.41. The summed E-state index contributed by atoms with van der Waals surface area (Å²) in [6.07, 6.45) is 0.850. The van der Waals surface area contributed by atoms with Gasteiger partial charge in [0.15, 0.2) is 5.69 Å². The number of hydrogen-bond acceptors (Lipinski definition) is 5. The molecule has 0 aliphatic rings. The van der Waals surface area contributed by atoms with Crippen LogP contribution in [0.3, 0.4) is 0 Å². The van der Waals surface area contributed by atoms with E-state index < -0.39 is 0 Å². The molecule has 0 fully saturated rings. The van der Waals surface area contributed by atoms with Crippen LogP contribution in [-0.2, 0) is 0 Å². The summed E-state index contributed by atoms with van der Waals surface area (Å²) in [6.45, 7) is 7.05. The van der Waals surface area contributed by atoms with Crippen molar-refractivity contribution >= 4 is 11.7 Å². The number of aromatic nitrogens is 2. The number of carbonyl (C=O) groups is 1. The first-order valence-corrected chi connectivity index (χ1v) is 6.41. The van der Waals surface area contributed by atoms with Crippen LogP contribution in [0.15, 0.2) is 12.1 Å². The topological polar surface area (TPSA) is 92.9 Å². The van der Waals surface area contributed by atoms with E-state index >= 15 is 0 Å². The van der Waals surface area contributed by atoms with E-state index in [2.05, 4.69) is 41.6 Å². The summed E-state index contributed by atoms with van der Waals surface area (Å²) in [5, 5.41) is 13.7. The van der Waals surface area contributed by atoms with Gasteiger partial charge in [-0.2, -0.15) is 0 Å². The molecule has 1 amide bonds. The first kappa shape index (κ1) is 15.4. The molecule has 1 aromatic rings. The molecule has 0 bridgehead atoms. The van der Waals surface area contributed by atoms with Crippen LogP contribution in [0.25, 0.3) is 0 Å². The molecule has 0 saturated heterocycles. The van der Waals surface area contributed by atoms with E-state index in [9.17, 15) is 4.79 Å². The highest BCUT2D eigenvalue weighted by molar-refractivity contribution is 5.91. The molecule has 0 radical (unpaired) electrons. The van der Waals surface area contributed by atoms with Crippen LogP contribution >= 0.6 is 0 Å². The van der Waals surface area contributed by atoms with Crippen LogP contribution in [0, 0.1) is 5.41 Å². The van der Waals surface area contributed by atoms with Crippen molar-refractivity contribution < 1.29 is 4.79 Å². The van der Waals surface area contributed by atoms with E-state index in [1.54, 1.807) is 19.2 Å². The minimum atomic E-state index is -0.242. The van der Waals surface area contributed by atoms with E-state index in [1.807, 2.05) is 0 Å². The fourth-order valence-electron chi connectivity index (χ4n) is 1.73. The van der Waals surface area contributed by atoms with Gasteiger partial charge in [0.1, 0.15) is 5.82 Å². The zero-order chi connectivity index (χ0) is 14.5. The third-order valence-electron chi connectivity index (χ3n) is 2.95. The number of amides is 1. The molecule has 0 saturated carbocycles. The lowest BCUT2D eigenvalue weighted by atomic mass is 9.85. The van der Waals surface area contributed by atoms with Gasteiger partial charge >= 0.3 is 0 Å². The molecule has 1 unspecified atom stereocenters. The molecule has 1 rings (SSSR count). The van der Waals surface area contributed by atoms with Gasteiger partial charge in [0.2, 0.25) is 0 Å². The maximum Gasteiger partial charge on any atom is 0.271 e. The monoisotopic (exact) mass is 265 g/mol. The number of nitrogens with two attached hydrogens (primary N) is 1. The number of nitrogens with one attached hydrogen (secondary N) is 2. The molecule has 6 nitrogen and oxygen atoms in total. The van der Waals surface area contributed by atoms with Crippen LogP contribution in [0.4, 0.5) is 5.82 Å². The van der Waals surface area contributed by atoms with Crippen molar-refractivity contribution in [2.45, 2.75) is 33.2 Å². The lowest BCUT2D eigenvalue weighted by molar-refractivity contribution is 0.0957. The van der Waals surface area contributed by atoms with Gasteiger partial charge in [-0.3, -0.25) is 4.79 Å². The number of rotatable bonds is 5. The highest BCUT2D eigenvalue weighted by Gasteiger charge is 2.24. The first-order chi connectivity index (χ1) is 8.88. The van der Waals surface area contributed by atoms with Gasteiger partial charge in [-0.15, -0.1) is 10.2 Å². The molecule has 1 atom stereocenters. The fourth-order valence-corrected chi connectivity index (χ4v) is 1.73. The van der Waals surface area contributed by atoms with E-state index in [0.29, 0.717) is 18.1 Å². The minimum Gasteiger partial charge on any atom is -0.365 e. The van der Waals surface area contributed by atoms with Crippen LogP contribution in [0.5, 0.6) is 0 Å². The quantitative estimate of drug-likeness (QED) is 0.739. The summed E-state index contributed by atoms with van der Waals surface area (Å²) >= 11 is 0. The number of carbonyl (C=O) groups excluding carboxylic acids is 1. The Morgan fingerprint density at radius 3 is 2.47 bits per heavy atom. The molecule has 0 aliphatic carbocycles. The maximum atomic E-state index is 11.4. The van der Waals surface area contributed by atoms with Crippen LogP contribution in [0.2, 0.25) is 0 Å². The highest BCUT2D eigenvalue weighted by Crippen LogP contribution is 2.24. The Labute approximate surface area is 114 Å². The average molecular weight is 265 g/mol. The Balaban J connectivity index is 2.78. The average Bonchev–Trinajstić information content (AvgIpc) is 2.37. The summed E-state index contributed by atoms with van der Waals surface area (Å²) < 4.78 is 0.